The van der Waals surface area contributed by atoms with Gasteiger partial charge in [-0.2, -0.15) is 0 Å². The van der Waals surface area contributed by atoms with E-state index in [0.717, 1.165) is 5.56 Å². The number of nitrogens with zero attached hydrogens (tertiary/aromatic N) is 3. The molecule has 0 aliphatic carbocycles. The summed E-state index contributed by atoms with van der Waals surface area (Å²) in [6, 6.07) is 21.1. The highest BCUT2D eigenvalue weighted by Gasteiger charge is 2.32. The van der Waals surface area contributed by atoms with E-state index in [1.165, 1.54) is 53.1 Å². The number of nitro groups is 1. The molecule has 0 radical (unpaired) electrons. The van der Waals surface area contributed by atoms with Gasteiger partial charge >= 0.3 is 5.69 Å². The molecule has 3 aromatic carbocycles. The van der Waals surface area contributed by atoms with E-state index in [-0.39, 0.29) is 29.6 Å². The summed E-state index contributed by atoms with van der Waals surface area (Å²) in [5.41, 5.74) is 1.46. The third-order valence-corrected chi connectivity index (χ3v) is 5.55. The molecule has 0 saturated carbocycles. The molecule has 33 heavy (non-hydrogen) atoms. The van der Waals surface area contributed by atoms with Crippen LogP contribution in [0, 0.1) is 15.9 Å². The maximum atomic E-state index is 13.4. The lowest BCUT2D eigenvalue weighted by atomic mass is 10.2. The first-order valence-corrected chi connectivity index (χ1v) is 11.0. The first-order chi connectivity index (χ1) is 16.0. The molecular formula is C24H18FN3O4S. The van der Waals surface area contributed by atoms with Crippen LogP contribution < -0.4 is 9.64 Å². The van der Waals surface area contributed by atoms with E-state index in [1.807, 2.05) is 30.3 Å². The standard InChI is InChI=1S/C24H18FN3O4S/c25-18-10-12-19(13-11-18)27-23(29)20(16-17-6-2-1-3-7-17)26-24(27)33-15-14-32-22-9-5-4-8-21(22)28(30)31/h1-13,16H,14-15H2/b20-16-. The van der Waals surface area contributed by atoms with Gasteiger partial charge in [0.05, 0.1) is 17.2 Å². The molecule has 4 rings (SSSR count). The van der Waals surface area contributed by atoms with Crippen molar-refractivity contribution in [2.75, 3.05) is 17.3 Å². The van der Waals surface area contributed by atoms with Gasteiger partial charge in [-0.15, -0.1) is 0 Å². The van der Waals surface area contributed by atoms with Crippen molar-refractivity contribution in [3.8, 4) is 5.75 Å². The van der Waals surface area contributed by atoms with Crippen molar-refractivity contribution in [2.45, 2.75) is 0 Å². The molecule has 1 aliphatic rings. The summed E-state index contributed by atoms with van der Waals surface area (Å²) in [5.74, 6) is -0.177. The van der Waals surface area contributed by atoms with E-state index in [1.54, 1.807) is 18.2 Å². The summed E-state index contributed by atoms with van der Waals surface area (Å²) < 4.78 is 19.0. The first kappa shape index (κ1) is 22.2. The largest absolute Gasteiger partial charge is 0.486 e. The Morgan fingerprint density at radius 2 is 1.73 bits per heavy atom. The van der Waals surface area contributed by atoms with Gasteiger partial charge in [-0.25, -0.2) is 9.38 Å². The number of nitro benzene ring substituents is 1. The highest BCUT2D eigenvalue weighted by molar-refractivity contribution is 8.14. The quantitative estimate of drug-likeness (QED) is 0.206. The maximum absolute atomic E-state index is 13.4. The van der Waals surface area contributed by atoms with Gasteiger partial charge in [0.15, 0.2) is 10.9 Å². The Bertz CT molecular complexity index is 1230. The van der Waals surface area contributed by atoms with Gasteiger partial charge in [-0.3, -0.25) is 19.8 Å². The second-order valence-corrected chi connectivity index (χ2v) is 7.94. The van der Waals surface area contributed by atoms with Crippen molar-refractivity contribution in [3.05, 3.63) is 106 Å². The van der Waals surface area contributed by atoms with Crippen LogP contribution >= 0.6 is 11.8 Å². The lowest BCUT2D eigenvalue weighted by Gasteiger charge is -2.17. The number of para-hydroxylation sites is 2. The van der Waals surface area contributed by atoms with E-state index in [9.17, 15) is 19.3 Å². The van der Waals surface area contributed by atoms with Crippen molar-refractivity contribution in [3.63, 3.8) is 0 Å². The number of hydrogen-bond acceptors (Lipinski definition) is 6. The number of carbonyl (C=O) groups is 1. The lowest BCUT2D eigenvalue weighted by Crippen LogP contribution is -2.30. The Hall–Kier alpha value is -3.98. The Labute approximate surface area is 193 Å². The summed E-state index contributed by atoms with van der Waals surface area (Å²) in [7, 11) is 0. The van der Waals surface area contributed by atoms with E-state index in [0.29, 0.717) is 16.6 Å². The first-order valence-electron chi connectivity index (χ1n) is 9.97. The molecule has 0 aromatic heterocycles. The molecule has 0 bridgehead atoms. The van der Waals surface area contributed by atoms with Crippen molar-refractivity contribution in [1.29, 1.82) is 0 Å². The van der Waals surface area contributed by atoms with E-state index >= 15 is 0 Å². The molecule has 1 aliphatic heterocycles. The van der Waals surface area contributed by atoms with Crippen LogP contribution in [0.1, 0.15) is 5.56 Å². The number of amidine groups is 1. The van der Waals surface area contributed by atoms with Gasteiger partial charge in [0.2, 0.25) is 0 Å². The molecule has 0 atom stereocenters. The minimum absolute atomic E-state index is 0.114. The molecule has 0 saturated heterocycles. The van der Waals surface area contributed by atoms with Crippen LogP contribution in [0.25, 0.3) is 6.08 Å². The van der Waals surface area contributed by atoms with Crippen LogP contribution in [0.3, 0.4) is 0 Å². The number of aliphatic imine (C=N–C) groups is 1. The molecule has 0 unspecified atom stereocenters. The average molecular weight is 463 g/mol. The van der Waals surface area contributed by atoms with Gasteiger partial charge in [0.25, 0.3) is 5.91 Å². The Balaban J connectivity index is 1.52. The summed E-state index contributed by atoms with van der Waals surface area (Å²) in [6.45, 7) is 0.164. The molecule has 0 fully saturated rings. The number of rotatable bonds is 7. The number of amides is 1. The minimum atomic E-state index is -0.501. The van der Waals surface area contributed by atoms with Gasteiger partial charge < -0.3 is 4.74 Å². The number of anilines is 1. The second kappa shape index (κ2) is 10.1. The fourth-order valence-corrected chi connectivity index (χ4v) is 3.96. The average Bonchev–Trinajstić information content (AvgIpc) is 3.13. The zero-order valence-corrected chi connectivity index (χ0v) is 18.1. The van der Waals surface area contributed by atoms with Crippen molar-refractivity contribution in [2.24, 2.45) is 4.99 Å². The lowest BCUT2D eigenvalue weighted by molar-refractivity contribution is -0.385. The topological polar surface area (TPSA) is 85.0 Å². The van der Waals surface area contributed by atoms with Crippen LogP contribution in [-0.2, 0) is 4.79 Å². The van der Waals surface area contributed by atoms with Crippen molar-refractivity contribution >= 4 is 40.3 Å². The van der Waals surface area contributed by atoms with Crippen LogP contribution in [0.2, 0.25) is 0 Å². The fraction of sp³-hybridized carbons (Fsp3) is 0.0833. The summed E-state index contributed by atoms with van der Waals surface area (Å²) in [4.78, 5) is 29.7. The normalized spacial score (nSPS) is 14.5. The van der Waals surface area contributed by atoms with Gasteiger partial charge in [0.1, 0.15) is 11.5 Å². The number of thioether (sulfide) groups is 1. The molecule has 7 nitrogen and oxygen atoms in total. The smallest absolute Gasteiger partial charge is 0.310 e. The number of ether oxygens (including phenoxy) is 1. The molecule has 0 spiro atoms. The Morgan fingerprint density at radius 1 is 1.03 bits per heavy atom. The number of hydrogen-bond donors (Lipinski definition) is 0. The number of carbonyl (C=O) groups excluding carboxylic acids is 1. The van der Waals surface area contributed by atoms with E-state index in [4.69, 9.17) is 4.74 Å². The molecule has 1 amide bonds. The van der Waals surface area contributed by atoms with Crippen LogP contribution in [-0.4, -0.2) is 28.4 Å². The highest BCUT2D eigenvalue weighted by atomic mass is 32.2. The monoisotopic (exact) mass is 463 g/mol. The summed E-state index contributed by atoms with van der Waals surface area (Å²) in [5, 5.41) is 11.6. The summed E-state index contributed by atoms with van der Waals surface area (Å²) >= 11 is 1.27. The SMILES string of the molecule is O=C1/C(=C/c2ccccc2)N=C(SCCOc2ccccc2[N+](=O)[O-])N1c1ccc(F)cc1. The molecule has 0 N–H and O–H groups in total. The van der Waals surface area contributed by atoms with Crippen LogP contribution in [0.15, 0.2) is 89.6 Å². The van der Waals surface area contributed by atoms with E-state index in [2.05, 4.69) is 4.99 Å². The Kier molecular flexibility index (Phi) is 6.80. The molecule has 9 heteroatoms. The molecule has 166 valence electrons. The van der Waals surface area contributed by atoms with Crippen LogP contribution in [0.4, 0.5) is 15.8 Å². The Morgan fingerprint density at radius 3 is 2.45 bits per heavy atom. The molecule has 3 aromatic rings. The third-order valence-electron chi connectivity index (χ3n) is 4.65. The number of halogens is 1. The van der Waals surface area contributed by atoms with Crippen molar-refractivity contribution in [1.82, 2.24) is 0 Å². The minimum Gasteiger partial charge on any atom is -0.486 e. The predicted octanol–water partition coefficient (Wildman–Crippen LogP) is 5.29. The fourth-order valence-electron chi connectivity index (χ4n) is 3.13. The van der Waals surface area contributed by atoms with E-state index < -0.39 is 10.7 Å². The zero-order chi connectivity index (χ0) is 23.2. The van der Waals surface area contributed by atoms with Crippen LogP contribution in [0.5, 0.6) is 5.75 Å². The number of benzene rings is 3. The van der Waals surface area contributed by atoms with Crippen molar-refractivity contribution < 1.29 is 18.8 Å². The predicted molar refractivity (Wildman–Crippen MR) is 127 cm³/mol. The molecule has 1 heterocycles. The van der Waals surface area contributed by atoms with Gasteiger partial charge in [-0.05, 0) is 42.0 Å². The molecular weight excluding hydrogens is 445 g/mol. The second-order valence-electron chi connectivity index (χ2n) is 6.87. The zero-order valence-electron chi connectivity index (χ0n) is 17.3. The maximum Gasteiger partial charge on any atom is 0.310 e. The van der Waals surface area contributed by atoms with Gasteiger partial charge in [0, 0.05) is 11.8 Å². The summed E-state index contributed by atoms with van der Waals surface area (Å²) in [6.07, 6.45) is 1.69. The van der Waals surface area contributed by atoms with Gasteiger partial charge in [-0.1, -0.05) is 54.2 Å². The third kappa shape index (κ3) is 5.27. The highest BCUT2D eigenvalue weighted by Crippen LogP contribution is 2.30.